The van der Waals surface area contributed by atoms with E-state index >= 15 is 0 Å². The maximum atomic E-state index is 11.1. The van der Waals surface area contributed by atoms with Crippen LogP contribution in [0, 0.1) is 0 Å². The van der Waals surface area contributed by atoms with Crippen molar-refractivity contribution in [2.75, 3.05) is 28.8 Å². The molecule has 1 amide bonds. The molecule has 0 saturated heterocycles. The SMILES string of the molecule is COc1ccc2nc(Nc3ncnc(Nc4ccc(NC(C)=O)cc4)c3N)sc2c1. The highest BCUT2D eigenvalue weighted by Crippen LogP contribution is 2.33. The molecule has 30 heavy (non-hydrogen) atoms. The van der Waals surface area contributed by atoms with E-state index < -0.39 is 0 Å². The van der Waals surface area contributed by atoms with Crippen molar-refractivity contribution < 1.29 is 9.53 Å². The van der Waals surface area contributed by atoms with Crippen LogP contribution in [0.5, 0.6) is 5.75 Å². The van der Waals surface area contributed by atoms with Gasteiger partial charge in [0.25, 0.3) is 0 Å². The Morgan fingerprint density at radius 2 is 1.73 bits per heavy atom. The number of aromatic nitrogens is 3. The third-order valence-corrected chi connectivity index (χ3v) is 5.11. The van der Waals surface area contributed by atoms with Crippen LogP contribution in [-0.4, -0.2) is 28.0 Å². The molecule has 0 bridgehead atoms. The largest absolute Gasteiger partial charge is 0.497 e. The Bertz CT molecular complexity index is 1210. The normalized spacial score (nSPS) is 10.6. The minimum Gasteiger partial charge on any atom is -0.497 e. The van der Waals surface area contributed by atoms with Gasteiger partial charge in [0, 0.05) is 18.3 Å². The fourth-order valence-electron chi connectivity index (χ4n) is 2.76. The number of nitrogen functional groups attached to an aromatic ring is 1. The lowest BCUT2D eigenvalue weighted by Crippen LogP contribution is -2.06. The highest BCUT2D eigenvalue weighted by molar-refractivity contribution is 7.22. The third kappa shape index (κ3) is 4.23. The zero-order valence-corrected chi connectivity index (χ0v) is 17.1. The Morgan fingerprint density at radius 1 is 1.03 bits per heavy atom. The summed E-state index contributed by atoms with van der Waals surface area (Å²) in [6.07, 6.45) is 1.42. The summed E-state index contributed by atoms with van der Waals surface area (Å²) in [7, 11) is 1.63. The van der Waals surface area contributed by atoms with Gasteiger partial charge in [-0.15, -0.1) is 0 Å². The van der Waals surface area contributed by atoms with Gasteiger partial charge in [0.05, 0.1) is 17.3 Å². The van der Waals surface area contributed by atoms with Crippen LogP contribution in [0.4, 0.5) is 33.8 Å². The lowest BCUT2D eigenvalue weighted by molar-refractivity contribution is -0.114. The first-order valence-corrected chi connectivity index (χ1v) is 9.80. The van der Waals surface area contributed by atoms with Gasteiger partial charge in [-0.3, -0.25) is 4.79 Å². The molecule has 9 nitrogen and oxygen atoms in total. The number of hydrogen-bond donors (Lipinski definition) is 4. The molecule has 2 aromatic heterocycles. The monoisotopic (exact) mass is 421 g/mol. The van der Waals surface area contributed by atoms with E-state index in [1.54, 1.807) is 19.2 Å². The number of nitrogens with zero attached hydrogens (tertiary/aromatic N) is 3. The standard InChI is InChI=1S/C20H19N7O2S/c1-11(28)24-12-3-5-13(6-4-12)25-18-17(21)19(23-10-22-18)27-20-26-15-8-7-14(29-2)9-16(15)30-20/h3-10H,21H2,1-2H3,(H,24,28)(H2,22,23,25,26,27). The minimum atomic E-state index is -0.125. The van der Waals surface area contributed by atoms with Crippen LogP contribution in [0.3, 0.4) is 0 Å². The van der Waals surface area contributed by atoms with Crippen molar-refractivity contribution in [3.05, 3.63) is 48.8 Å². The highest BCUT2D eigenvalue weighted by Gasteiger charge is 2.12. The van der Waals surface area contributed by atoms with E-state index in [1.165, 1.54) is 24.6 Å². The Kier molecular flexibility index (Phi) is 5.31. The van der Waals surface area contributed by atoms with Crippen molar-refractivity contribution in [3.63, 3.8) is 0 Å². The molecular formula is C20H19N7O2S. The molecule has 4 aromatic rings. The first-order chi connectivity index (χ1) is 14.5. The van der Waals surface area contributed by atoms with Gasteiger partial charge in [0.15, 0.2) is 16.8 Å². The Balaban J connectivity index is 1.53. The summed E-state index contributed by atoms with van der Waals surface area (Å²) in [6, 6.07) is 12.9. The topological polar surface area (TPSA) is 127 Å². The predicted molar refractivity (Wildman–Crippen MR) is 120 cm³/mol. The Morgan fingerprint density at radius 3 is 2.43 bits per heavy atom. The first-order valence-electron chi connectivity index (χ1n) is 8.98. The molecule has 152 valence electrons. The third-order valence-electron chi connectivity index (χ3n) is 4.17. The van der Waals surface area contributed by atoms with Crippen LogP contribution in [0.1, 0.15) is 6.92 Å². The first kappa shape index (κ1) is 19.4. The predicted octanol–water partition coefficient (Wildman–Crippen LogP) is 4.12. The molecular weight excluding hydrogens is 402 g/mol. The van der Waals surface area contributed by atoms with Crippen molar-refractivity contribution in [2.45, 2.75) is 6.92 Å². The zero-order chi connectivity index (χ0) is 21.1. The van der Waals surface area contributed by atoms with Crippen molar-refractivity contribution in [3.8, 4) is 5.75 Å². The quantitative estimate of drug-likeness (QED) is 0.366. The summed E-state index contributed by atoms with van der Waals surface area (Å²) in [4.78, 5) is 24.1. The van der Waals surface area contributed by atoms with Crippen LogP contribution < -0.4 is 26.4 Å². The van der Waals surface area contributed by atoms with Crippen LogP contribution in [0.15, 0.2) is 48.8 Å². The molecule has 0 radical (unpaired) electrons. The fraction of sp³-hybridized carbons (Fsp3) is 0.100. The second-order valence-corrected chi connectivity index (χ2v) is 7.38. The van der Waals surface area contributed by atoms with Crippen LogP contribution in [0.2, 0.25) is 0 Å². The number of methoxy groups -OCH3 is 1. The molecule has 0 saturated carbocycles. The van der Waals surface area contributed by atoms with Crippen molar-refractivity contribution in [2.24, 2.45) is 0 Å². The van der Waals surface area contributed by atoms with E-state index in [4.69, 9.17) is 10.5 Å². The van der Waals surface area contributed by atoms with Crippen LogP contribution in [-0.2, 0) is 4.79 Å². The second kappa shape index (κ2) is 8.21. The molecule has 2 aromatic carbocycles. The van der Waals surface area contributed by atoms with Crippen LogP contribution in [0.25, 0.3) is 10.2 Å². The van der Waals surface area contributed by atoms with Gasteiger partial charge in [0.1, 0.15) is 17.8 Å². The number of hydrogen-bond acceptors (Lipinski definition) is 9. The fourth-order valence-corrected chi connectivity index (χ4v) is 3.65. The maximum Gasteiger partial charge on any atom is 0.221 e. The maximum absolute atomic E-state index is 11.1. The second-order valence-electron chi connectivity index (χ2n) is 6.35. The number of ether oxygens (including phenoxy) is 1. The molecule has 2 heterocycles. The molecule has 5 N–H and O–H groups in total. The van der Waals surface area contributed by atoms with Gasteiger partial charge in [0.2, 0.25) is 5.91 Å². The lowest BCUT2D eigenvalue weighted by atomic mass is 10.2. The number of thiazole rings is 1. The average Bonchev–Trinajstić information content (AvgIpc) is 3.13. The summed E-state index contributed by atoms with van der Waals surface area (Å²) in [6.45, 7) is 1.46. The number of anilines is 6. The van der Waals surface area contributed by atoms with E-state index in [1.807, 2.05) is 30.3 Å². The number of fused-ring (bicyclic) bond motifs is 1. The molecule has 0 unspecified atom stereocenters. The minimum absolute atomic E-state index is 0.125. The molecule has 0 aliphatic carbocycles. The van der Waals surface area contributed by atoms with Gasteiger partial charge in [-0.25, -0.2) is 15.0 Å². The van der Waals surface area contributed by atoms with Gasteiger partial charge in [-0.2, -0.15) is 0 Å². The van der Waals surface area contributed by atoms with Crippen LogP contribution >= 0.6 is 11.3 Å². The molecule has 0 aliphatic heterocycles. The number of benzene rings is 2. The summed E-state index contributed by atoms with van der Waals surface area (Å²) in [5, 5.41) is 9.70. The Labute approximate surface area is 176 Å². The van der Waals surface area contributed by atoms with Gasteiger partial charge in [-0.1, -0.05) is 11.3 Å². The summed E-state index contributed by atoms with van der Waals surface area (Å²) in [5.41, 5.74) is 8.96. The lowest BCUT2D eigenvalue weighted by Gasteiger charge is -2.12. The smallest absolute Gasteiger partial charge is 0.221 e. The number of rotatable bonds is 6. The molecule has 0 atom stereocenters. The van der Waals surface area contributed by atoms with E-state index in [9.17, 15) is 4.79 Å². The number of nitrogens with two attached hydrogens (primary N) is 1. The van der Waals surface area contributed by atoms with E-state index in [-0.39, 0.29) is 5.91 Å². The number of carbonyl (C=O) groups excluding carboxylic acids is 1. The van der Waals surface area contributed by atoms with E-state index in [0.29, 0.717) is 28.1 Å². The van der Waals surface area contributed by atoms with Crippen molar-refractivity contribution >= 4 is 61.3 Å². The van der Waals surface area contributed by atoms with Crippen molar-refractivity contribution in [1.82, 2.24) is 15.0 Å². The number of amides is 1. The van der Waals surface area contributed by atoms with Gasteiger partial charge >= 0.3 is 0 Å². The van der Waals surface area contributed by atoms with Gasteiger partial charge < -0.3 is 26.4 Å². The molecule has 0 fully saturated rings. The van der Waals surface area contributed by atoms with Gasteiger partial charge in [-0.05, 0) is 42.5 Å². The summed E-state index contributed by atoms with van der Waals surface area (Å²) >= 11 is 1.47. The molecule has 0 spiro atoms. The average molecular weight is 421 g/mol. The molecule has 4 rings (SSSR count). The van der Waals surface area contributed by atoms with E-state index in [0.717, 1.165) is 21.7 Å². The van der Waals surface area contributed by atoms with E-state index in [2.05, 4.69) is 30.9 Å². The molecule has 10 heteroatoms. The van der Waals surface area contributed by atoms with Crippen molar-refractivity contribution in [1.29, 1.82) is 0 Å². The highest BCUT2D eigenvalue weighted by atomic mass is 32.1. The number of carbonyl (C=O) groups is 1. The summed E-state index contributed by atoms with van der Waals surface area (Å²) in [5.74, 6) is 1.56. The zero-order valence-electron chi connectivity index (χ0n) is 16.3. The Hall–Kier alpha value is -3.92. The summed E-state index contributed by atoms with van der Waals surface area (Å²) < 4.78 is 6.24. The number of nitrogens with one attached hydrogen (secondary N) is 3. The molecule has 0 aliphatic rings.